The molecule has 1 fully saturated rings. The van der Waals surface area contributed by atoms with E-state index in [1.807, 2.05) is 12.1 Å². The summed E-state index contributed by atoms with van der Waals surface area (Å²) in [7, 11) is 0. The van der Waals surface area contributed by atoms with Gasteiger partial charge in [0.2, 0.25) is 0 Å². The third kappa shape index (κ3) is 1.99. The highest BCUT2D eigenvalue weighted by Gasteiger charge is 2.18. The summed E-state index contributed by atoms with van der Waals surface area (Å²) in [5.41, 5.74) is 1.13. The van der Waals surface area contributed by atoms with Gasteiger partial charge >= 0.3 is 0 Å². The van der Waals surface area contributed by atoms with E-state index in [1.54, 1.807) is 6.20 Å². The SMILES string of the molecule is CC1COCCN1c1ccnc(Cl)c1. The lowest BCUT2D eigenvalue weighted by atomic mass is 10.2. The molecule has 1 unspecified atom stereocenters. The molecule has 0 spiro atoms. The maximum Gasteiger partial charge on any atom is 0.131 e. The Kier molecular flexibility index (Phi) is 2.89. The van der Waals surface area contributed by atoms with Crippen molar-refractivity contribution in [2.75, 3.05) is 24.7 Å². The smallest absolute Gasteiger partial charge is 0.131 e. The molecule has 4 heteroatoms. The van der Waals surface area contributed by atoms with E-state index in [-0.39, 0.29) is 0 Å². The molecule has 2 rings (SSSR count). The predicted octanol–water partition coefficient (Wildman–Crippen LogP) is 1.96. The number of aromatic nitrogens is 1. The Morgan fingerprint density at radius 1 is 1.64 bits per heavy atom. The Balaban J connectivity index is 2.20. The van der Waals surface area contributed by atoms with Crippen molar-refractivity contribution in [3.63, 3.8) is 0 Å². The zero-order chi connectivity index (χ0) is 9.97. The van der Waals surface area contributed by atoms with E-state index in [9.17, 15) is 0 Å². The Morgan fingerprint density at radius 2 is 2.50 bits per heavy atom. The summed E-state index contributed by atoms with van der Waals surface area (Å²) in [6.45, 7) is 4.62. The van der Waals surface area contributed by atoms with Gasteiger partial charge in [-0.2, -0.15) is 0 Å². The van der Waals surface area contributed by atoms with E-state index in [4.69, 9.17) is 16.3 Å². The van der Waals surface area contributed by atoms with Gasteiger partial charge in [-0.25, -0.2) is 4.98 Å². The second-order valence-corrected chi connectivity index (χ2v) is 3.84. The van der Waals surface area contributed by atoms with Crippen LogP contribution in [0.1, 0.15) is 6.92 Å². The third-order valence-electron chi connectivity index (χ3n) is 2.41. The molecule has 0 aliphatic carbocycles. The van der Waals surface area contributed by atoms with Crippen LogP contribution >= 0.6 is 11.6 Å². The molecule has 0 bridgehead atoms. The van der Waals surface area contributed by atoms with Crippen molar-refractivity contribution >= 4 is 17.3 Å². The third-order valence-corrected chi connectivity index (χ3v) is 2.62. The molecule has 1 aromatic heterocycles. The number of ether oxygens (including phenoxy) is 1. The van der Waals surface area contributed by atoms with Crippen LogP contribution < -0.4 is 4.90 Å². The number of halogens is 1. The summed E-state index contributed by atoms with van der Waals surface area (Å²) in [6.07, 6.45) is 1.74. The van der Waals surface area contributed by atoms with Crippen LogP contribution in [0.5, 0.6) is 0 Å². The van der Waals surface area contributed by atoms with Crippen molar-refractivity contribution < 1.29 is 4.74 Å². The summed E-state index contributed by atoms with van der Waals surface area (Å²) >= 11 is 5.84. The fourth-order valence-corrected chi connectivity index (χ4v) is 1.85. The monoisotopic (exact) mass is 212 g/mol. The van der Waals surface area contributed by atoms with Crippen molar-refractivity contribution in [2.45, 2.75) is 13.0 Å². The van der Waals surface area contributed by atoms with E-state index in [2.05, 4.69) is 16.8 Å². The first kappa shape index (κ1) is 9.74. The van der Waals surface area contributed by atoms with E-state index in [0.29, 0.717) is 11.2 Å². The standard InChI is InChI=1S/C10H13ClN2O/c1-8-7-14-5-4-13(8)9-2-3-12-10(11)6-9/h2-3,6,8H,4-5,7H2,1H3. The first-order chi connectivity index (χ1) is 6.77. The van der Waals surface area contributed by atoms with Gasteiger partial charge in [0.15, 0.2) is 0 Å². The quantitative estimate of drug-likeness (QED) is 0.666. The summed E-state index contributed by atoms with van der Waals surface area (Å²) in [4.78, 5) is 6.26. The molecule has 1 aromatic rings. The number of hydrogen-bond donors (Lipinski definition) is 0. The van der Waals surface area contributed by atoms with Gasteiger partial charge in [-0.1, -0.05) is 11.6 Å². The molecule has 0 aromatic carbocycles. The van der Waals surface area contributed by atoms with Crippen molar-refractivity contribution in [3.05, 3.63) is 23.5 Å². The predicted molar refractivity (Wildman–Crippen MR) is 56.9 cm³/mol. The van der Waals surface area contributed by atoms with Crippen molar-refractivity contribution in [1.82, 2.24) is 4.98 Å². The molecule has 2 heterocycles. The lowest BCUT2D eigenvalue weighted by Gasteiger charge is -2.35. The van der Waals surface area contributed by atoms with Gasteiger partial charge in [-0.3, -0.25) is 0 Å². The van der Waals surface area contributed by atoms with Gasteiger partial charge < -0.3 is 9.64 Å². The van der Waals surface area contributed by atoms with Crippen LogP contribution in [-0.2, 0) is 4.74 Å². The van der Waals surface area contributed by atoms with Crippen molar-refractivity contribution in [2.24, 2.45) is 0 Å². The van der Waals surface area contributed by atoms with Crippen LogP contribution in [0.2, 0.25) is 5.15 Å². The molecule has 14 heavy (non-hydrogen) atoms. The second kappa shape index (κ2) is 4.15. The van der Waals surface area contributed by atoms with Gasteiger partial charge in [0.25, 0.3) is 0 Å². The average molecular weight is 213 g/mol. The van der Waals surface area contributed by atoms with E-state index in [0.717, 1.165) is 25.4 Å². The van der Waals surface area contributed by atoms with Crippen LogP contribution in [-0.4, -0.2) is 30.8 Å². The molecular formula is C10H13ClN2O. The van der Waals surface area contributed by atoms with Gasteiger partial charge in [-0.15, -0.1) is 0 Å². The van der Waals surface area contributed by atoms with Gasteiger partial charge in [-0.05, 0) is 19.1 Å². The van der Waals surface area contributed by atoms with Crippen LogP contribution in [0.4, 0.5) is 5.69 Å². The maximum atomic E-state index is 5.84. The molecule has 1 atom stereocenters. The lowest BCUT2D eigenvalue weighted by Crippen LogP contribution is -2.43. The molecule has 1 aliphatic heterocycles. The average Bonchev–Trinajstić information content (AvgIpc) is 2.18. The number of morpholine rings is 1. The Labute approximate surface area is 88.6 Å². The largest absolute Gasteiger partial charge is 0.377 e. The van der Waals surface area contributed by atoms with Crippen LogP contribution in [0.15, 0.2) is 18.3 Å². The van der Waals surface area contributed by atoms with Crippen LogP contribution in [0, 0.1) is 0 Å². The van der Waals surface area contributed by atoms with E-state index < -0.39 is 0 Å². The summed E-state index contributed by atoms with van der Waals surface area (Å²) < 4.78 is 5.37. The topological polar surface area (TPSA) is 25.4 Å². The minimum absolute atomic E-state index is 0.405. The number of pyridine rings is 1. The van der Waals surface area contributed by atoms with Crippen LogP contribution in [0.25, 0.3) is 0 Å². The summed E-state index contributed by atoms with van der Waals surface area (Å²) in [6, 6.07) is 4.28. The Morgan fingerprint density at radius 3 is 3.21 bits per heavy atom. The highest BCUT2D eigenvalue weighted by molar-refractivity contribution is 6.29. The first-order valence-electron chi connectivity index (χ1n) is 4.73. The lowest BCUT2D eigenvalue weighted by molar-refractivity contribution is 0.0989. The Bertz CT molecular complexity index is 319. The fourth-order valence-electron chi connectivity index (χ4n) is 1.68. The minimum Gasteiger partial charge on any atom is -0.377 e. The number of rotatable bonds is 1. The number of anilines is 1. The van der Waals surface area contributed by atoms with E-state index in [1.165, 1.54) is 0 Å². The zero-order valence-corrected chi connectivity index (χ0v) is 8.87. The summed E-state index contributed by atoms with van der Waals surface area (Å²) in [5.74, 6) is 0. The number of nitrogens with zero attached hydrogens (tertiary/aromatic N) is 2. The van der Waals surface area contributed by atoms with Crippen molar-refractivity contribution in [1.29, 1.82) is 0 Å². The zero-order valence-electron chi connectivity index (χ0n) is 8.11. The molecule has 1 aliphatic rings. The molecule has 1 saturated heterocycles. The fraction of sp³-hybridized carbons (Fsp3) is 0.500. The molecular weight excluding hydrogens is 200 g/mol. The molecule has 0 radical (unpaired) electrons. The molecule has 3 nitrogen and oxygen atoms in total. The maximum absolute atomic E-state index is 5.84. The highest BCUT2D eigenvalue weighted by Crippen LogP contribution is 2.21. The van der Waals surface area contributed by atoms with E-state index >= 15 is 0 Å². The van der Waals surface area contributed by atoms with Gasteiger partial charge in [0, 0.05) is 24.5 Å². The highest BCUT2D eigenvalue weighted by atomic mass is 35.5. The van der Waals surface area contributed by atoms with Gasteiger partial charge in [0.05, 0.1) is 13.2 Å². The second-order valence-electron chi connectivity index (χ2n) is 3.45. The van der Waals surface area contributed by atoms with Gasteiger partial charge in [0.1, 0.15) is 5.15 Å². The normalized spacial score (nSPS) is 22.4. The number of hydrogen-bond acceptors (Lipinski definition) is 3. The Hall–Kier alpha value is -0.800. The molecule has 0 amide bonds. The minimum atomic E-state index is 0.405. The molecule has 0 N–H and O–H groups in total. The molecule has 76 valence electrons. The summed E-state index contributed by atoms with van der Waals surface area (Å²) in [5, 5.41) is 0.543. The van der Waals surface area contributed by atoms with Crippen LogP contribution in [0.3, 0.4) is 0 Å². The van der Waals surface area contributed by atoms with Crippen molar-refractivity contribution in [3.8, 4) is 0 Å². The first-order valence-corrected chi connectivity index (χ1v) is 5.11. The molecule has 0 saturated carbocycles.